The van der Waals surface area contributed by atoms with Crippen LogP contribution in [0.25, 0.3) is 0 Å². The highest BCUT2D eigenvalue weighted by atomic mass is 19.1. The van der Waals surface area contributed by atoms with Crippen molar-refractivity contribution in [3.63, 3.8) is 0 Å². The number of nitrogens with zero attached hydrogens (tertiary/aromatic N) is 1. The van der Waals surface area contributed by atoms with Crippen molar-refractivity contribution in [3.05, 3.63) is 29.3 Å². The van der Waals surface area contributed by atoms with E-state index in [0.29, 0.717) is 12.1 Å². The van der Waals surface area contributed by atoms with E-state index in [1.807, 2.05) is 0 Å². The first-order valence-corrected chi connectivity index (χ1v) is 7.17. The van der Waals surface area contributed by atoms with Crippen LogP contribution in [0.4, 0.5) is 14.5 Å². The number of aliphatic hydroxyl groups is 1. The van der Waals surface area contributed by atoms with Gasteiger partial charge in [-0.25, -0.2) is 8.78 Å². The number of hydrogen-bond acceptors (Lipinski definition) is 3. The van der Waals surface area contributed by atoms with E-state index in [1.54, 1.807) is 11.9 Å². The topological polar surface area (TPSA) is 35.5 Å². The summed E-state index contributed by atoms with van der Waals surface area (Å²) in [5.74, 6) is -1.09. The molecule has 0 radical (unpaired) electrons. The van der Waals surface area contributed by atoms with Crippen molar-refractivity contribution in [3.8, 4) is 0 Å². The van der Waals surface area contributed by atoms with E-state index in [9.17, 15) is 13.9 Å². The first kappa shape index (κ1) is 15.2. The predicted octanol–water partition coefficient (Wildman–Crippen LogP) is 2.43. The van der Waals surface area contributed by atoms with Crippen molar-refractivity contribution in [1.29, 1.82) is 0 Å². The SMILES string of the molecule is CNCc1cc(F)c(N(CCO)C2CCCC2)c(F)c1. The second kappa shape index (κ2) is 6.99. The van der Waals surface area contributed by atoms with Gasteiger partial charge in [-0.15, -0.1) is 0 Å². The third-order valence-electron chi connectivity index (χ3n) is 3.85. The lowest BCUT2D eigenvalue weighted by Gasteiger charge is -2.31. The van der Waals surface area contributed by atoms with Gasteiger partial charge in [0.15, 0.2) is 0 Å². The minimum atomic E-state index is -0.546. The van der Waals surface area contributed by atoms with Crippen LogP contribution in [0.5, 0.6) is 0 Å². The highest BCUT2D eigenvalue weighted by Gasteiger charge is 2.27. The van der Waals surface area contributed by atoms with E-state index < -0.39 is 11.6 Å². The van der Waals surface area contributed by atoms with Crippen LogP contribution < -0.4 is 10.2 Å². The Morgan fingerprint density at radius 1 is 1.25 bits per heavy atom. The second-order valence-electron chi connectivity index (χ2n) is 5.29. The highest BCUT2D eigenvalue weighted by molar-refractivity contribution is 5.52. The summed E-state index contributed by atoms with van der Waals surface area (Å²) in [5.41, 5.74) is 0.590. The van der Waals surface area contributed by atoms with Gasteiger partial charge in [-0.3, -0.25) is 0 Å². The number of hydrogen-bond donors (Lipinski definition) is 2. The fraction of sp³-hybridized carbons (Fsp3) is 0.600. The summed E-state index contributed by atoms with van der Waals surface area (Å²) in [4.78, 5) is 1.70. The van der Waals surface area contributed by atoms with Crippen LogP contribution in [0.3, 0.4) is 0 Å². The summed E-state index contributed by atoms with van der Waals surface area (Å²) < 4.78 is 28.5. The Kier molecular flexibility index (Phi) is 5.31. The Balaban J connectivity index is 2.32. The minimum Gasteiger partial charge on any atom is -0.395 e. The molecule has 1 aliphatic rings. The monoisotopic (exact) mass is 284 g/mol. The molecule has 1 aromatic rings. The zero-order valence-corrected chi connectivity index (χ0v) is 11.8. The molecule has 2 rings (SSSR count). The third kappa shape index (κ3) is 3.27. The molecule has 1 aromatic carbocycles. The molecule has 0 spiro atoms. The predicted molar refractivity (Wildman–Crippen MR) is 75.8 cm³/mol. The molecule has 3 nitrogen and oxygen atoms in total. The van der Waals surface area contributed by atoms with Gasteiger partial charge in [-0.1, -0.05) is 12.8 Å². The summed E-state index contributed by atoms with van der Waals surface area (Å²) in [6.45, 7) is 0.592. The molecule has 0 saturated heterocycles. The van der Waals surface area contributed by atoms with Gasteiger partial charge in [-0.2, -0.15) is 0 Å². The van der Waals surface area contributed by atoms with E-state index in [1.165, 1.54) is 12.1 Å². The van der Waals surface area contributed by atoms with E-state index in [0.717, 1.165) is 25.7 Å². The normalized spacial score (nSPS) is 15.8. The minimum absolute atomic E-state index is 0.00537. The molecule has 20 heavy (non-hydrogen) atoms. The quantitative estimate of drug-likeness (QED) is 0.842. The highest BCUT2D eigenvalue weighted by Crippen LogP contribution is 2.32. The molecule has 1 fully saturated rings. The molecule has 1 aliphatic carbocycles. The molecule has 2 N–H and O–H groups in total. The van der Waals surface area contributed by atoms with Crippen LogP contribution >= 0.6 is 0 Å². The van der Waals surface area contributed by atoms with E-state index in [-0.39, 0.29) is 24.9 Å². The van der Waals surface area contributed by atoms with Gasteiger partial charge in [0.25, 0.3) is 0 Å². The van der Waals surface area contributed by atoms with Gasteiger partial charge in [0.1, 0.15) is 17.3 Å². The standard InChI is InChI=1S/C15H22F2N2O/c1-18-10-11-8-13(16)15(14(17)9-11)19(6-7-20)12-4-2-3-5-12/h8-9,12,18,20H,2-7,10H2,1H3. The average Bonchev–Trinajstić information content (AvgIpc) is 2.91. The number of anilines is 1. The first-order valence-electron chi connectivity index (χ1n) is 7.17. The molecular formula is C15H22F2N2O. The molecule has 0 atom stereocenters. The summed E-state index contributed by atoms with van der Waals surface area (Å²) in [7, 11) is 1.74. The number of nitrogens with one attached hydrogen (secondary N) is 1. The third-order valence-corrected chi connectivity index (χ3v) is 3.85. The number of benzene rings is 1. The molecule has 0 amide bonds. The Morgan fingerprint density at radius 2 is 1.85 bits per heavy atom. The summed E-state index contributed by atoms with van der Waals surface area (Å²) in [6, 6.07) is 2.86. The lowest BCUT2D eigenvalue weighted by molar-refractivity contribution is 0.296. The summed E-state index contributed by atoms with van der Waals surface area (Å²) in [5, 5.41) is 12.1. The van der Waals surface area contributed by atoms with E-state index >= 15 is 0 Å². The molecule has 0 aliphatic heterocycles. The van der Waals surface area contributed by atoms with Gasteiger partial charge < -0.3 is 15.3 Å². The zero-order valence-electron chi connectivity index (χ0n) is 11.8. The van der Waals surface area contributed by atoms with Crippen LogP contribution in [0.2, 0.25) is 0 Å². The van der Waals surface area contributed by atoms with Crippen LogP contribution in [0, 0.1) is 11.6 Å². The van der Waals surface area contributed by atoms with Crippen molar-refractivity contribution >= 4 is 5.69 Å². The van der Waals surface area contributed by atoms with Crippen molar-refractivity contribution in [2.45, 2.75) is 38.3 Å². The van der Waals surface area contributed by atoms with Crippen LogP contribution in [-0.2, 0) is 6.54 Å². The van der Waals surface area contributed by atoms with Crippen molar-refractivity contribution < 1.29 is 13.9 Å². The molecule has 0 aromatic heterocycles. The molecule has 0 bridgehead atoms. The van der Waals surface area contributed by atoms with Gasteiger partial charge >= 0.3 is 0 Å². The van der Waals surface area contributed by atoms with Crippen LogP contribution in [0.1, 0.15) is 31.2 Å². The number of halogens is 2. The van der Waals surface area contributed by atoms with Gasteiger partial charge in [0.2, 0.25) is 0 Å². The smallest absolute Gasteiger partial charge is 0.149 e. The largest absolute Gasteiger partial charge is 0.395 e. The maximum atomic E-state index is 14.3. The molecule has 0 unspecified atom stereocenters. The van der Waals surface area contributed by atoms with Crippen molar-refractivity contribution in [2.24, 2.45) is 0 Å². The summed E-state index contributed by atoms with van der Waals surface area (Å²) >= 11 is 0. The number of rotatable bonds is 6. The molecule has 112 valence electrons. The average molecular weight is 284 g/mol. The Morgan fingerprint density at radius 3 is 2.35 bits per heavy atom. The zero-order chi connectivity index (χ0) is 14.5. The molecule has 0 heterocycles. The lowest BCUT2D eigenvalue weighted by atomic mass is 10.1. The van der Waals surface area contributed by atoms with Gasteiger partial charge in [0.05, 0.1) is 6.61 Å². The van der Waals surface area contributed by atoms with E-state index in [4.69, 9.17) is 0 Å². The van der Waals surface area contributed by atoms with Gasteiger partial charge in [0, 0.05) is 19.1 Å². The summed E-state index contributed by atoms with van der Waals surface area (Å²) in [6.07, 6.45) is 4.01. The van der Waals surface area contributed by atoms with E-state index in [2.05, 4.69) is 5.32 Å². The van der Waals surface area contributed by atoms with Crippen LogP contribution in [-0.4, -0.2) is 31.3 Å². The lowest BCUT2D eigenvalue weighted by Crippen LogP contribution is -2.37. The molecular weight excluding hydrogens is 262 g/mol. The Hall–Kier alpha value is -1.20. The van der Waals surface area contributed by atoms with Crippen LogP contribution in [0.15, 0.2) is 12.1 Å². The number of aliphatic hydroxyl groups excluding tert-OH is 1. The van der Waals surface area contributed by atoms with Gasteiger partial charge in [-0.05, 0) is 37.6 Å². The Bertz CT molecular complexity index is 424. The van der Waals surface area contributed by atoms with Crippen molar-refractivity contribution in [1.82, 2.24) is 5.32 Å². The molecule has 5 heteroatoms. The Labute approximate surface area is 118 Å². The fourth-order valence-corrected chi connectivity index (χ4v) is 3.00. The van der Waals surface area contributed by atoms with Crippen molar-refractivity contribution in [2.75, 3.05) is 25.1 Å². The second-order valence-corrected chi connectivity index (χ2v) is 5.29. The maximum absolute atomic E-state index is 14.3. The first-order chi connectivity index (χ1) is 9.67. The molecule has 1 saturated carbocycles. The maximum Gasteiger partial charge on any atom is 0.149 e. The fourth-order valence-electron chi connectivity index (χ4n) is 3.00.